The standard InChI is InChI=1S/C34H42O14/c1-8-18(2)28(37)45-24-14-32(7,40)34-26(44-20(4)36)23(31(5,6)48-34)13-25(46-29(38)21-9-11-41-15-21)33(34,17-43-19(3)35)27(24)47-30(39)22-10-12-42-16-22/h9-12,15-16,18,23-27,40H,8,13-14,17H2,1-7H3/t18?,23-,24?,25?,26?,27?,32+,33-,34+/m1/s1. The van der Waals surface area contributed by atoms with Gasteiger partial charge in [0.15, 0.2) is 11.7 Å². The highest BCUT2D eigenvalue weighted by atomic mass is 16.6. The van der Waals surface area contributed by atoms with Gasteiger partial charge in [0.05, 0.1) is 40.8 Å². The van der Waals surface area contributed by atoms with Crippen LogP contribution in [0.5, 0.6) is 0 Å². The Bertz CT molecular complexity index is 1520. The molecule has 1 aliphatic heterocycles. The van der Waals surface area contributed by atoms with Gasteiger partial charge in [-0.1, -0.05) is 13.8 Å². The second kappa shape index (κ2) is 12.7. The second-order valence-electron chi connectivity index (χ2n) is 13.6. The zero-order chi connectivity index (χ0) is 35.2. The highest BCUT2D eigenvalue weighted by Gasteiger charge is 2.86. The minimum Gasteiger partial charge on any atom is -0.472 e. The van der Waals surface area contributed by atoms with Crippen molar-refractivity contribution in [3.63, 3.8) is 0 Å². The van der Waals surface area contributed by atoms with E-state index in [1.54, 1.807) is 27.7 Å². The Kier molecular flexibility index (Phi) is 9.30. The van der Waals surface area contributed by atoms with Gasteiger partial charge in [0, 0.05) is 26.2 Å². The van der Waals surface area contributed by atoms with Gasteiger partial charge in [-0.2, -0.15) is 0 Å². The van der Waals surface area contributed by atoms with Gasteiger partial charge in [0.2, 0.25) is 0 Å². The van der Waals surface area contributed by atoms with Crippen molar-refractivity contribution >= 4 is 29.8 Å². The van der Waals surface area contributed by atoms with E-state index in [0.29, 0.717) is 6.42 Å². The first-order chi connectivity index (χ1) is 22.5. The molecular weight excluding hydrogens is 632 g/mol. The first-order valence-corrected chi connectivity index (χ1v) is 15.9. The van der Waals surface area contributed by atoms with Gasteiger partial charge in [-0.05, 0) is 45.7 Å². The van der Waals surface area contributed by atoms with E-state index in [1.807, 2.05) is 0 Å². The number of hydrogen-bond donors (Lipinski definition) is 1. The third kappa shape index (κ3) is 5.68. The van der Waals surface area contributed by atoms with E-state index in [0.717, 1.165) is 13.2 Å². The van der Waals surface area contributed by atoms with Crippen molar-refractivity contribution in [3.05, 3.63) is 48.3 Å². The first-order valence-electron chi connectivity index (χ1n) is 15.9. The molecule has 3 fully saturated rings. The molecule has 2 aromatic rings. The van der Waals surface area contributed by atoms with Crippen LogP contribution >= 0.6 is 0 Å². The smallest absolute Gasteiger partial charge is 0.341 e. The third-order valence-electron chi connectivity index (χ3n) is 10.1. The molecule has 1 N–H and O–H groups in total. The number of aliphatic hydroxyl groups is 1. The Labute approximate surface area is 277 Å². The van der Waals surface area contributed by atoms with Gasteiger partial charge in [-0.25, -0.2) is 9.59 Å². The fourth-order valence-electron chi connectivity index (χ4n) is 7.80. The highest BCUT2D eigenvalue weighted by Crippen LogP contribution is 2.69. The number of ether oxygens (including phenoxy) is 6. The Balaban J connectivity index is 1.81. The van der Waals surface area contributed by atoms with Crippen LogP contribution in [0.1, 0.15) is 88.4 Å². The molecule has 5 rings (SSSR count). The van der Waals surface area contributed by atoms with Gasteiger partial charge in [-0.15, -0.1) is 0 Å². The molecule has 9 atom stereocenters. The molecule has 2 aliphatic carbocycles. The fraction of sp³-hybridized carbons (Fsp3) is 0.618. The molecule has 14 nitrogen and oxygen atoms in total. The molecule has 3 heterocycles. The maximum absolute atomic E-state index is 13.8. The summed E-state index contributed by atoms with van der Waals surface area (Å²) in [7, 11) is 0. The van der Waals surface area contributed by atoms with Gasteiger partial charge < -0.3 is 42.4 Å². The number of carbonyl (C=O) groups is 5. The Morgan fingerprint density at radius 3 is 2.02 bits per heavy atom. The van der Waals surface area contributed by atoms with Crippen molar-refractivity contribution < 1.29 is 66.3 Å². The zero-order valence-electron chi connectivity index (χ0n) is 28.0. The van der Waals surface area contributed by atoms with E-state index in [9.17, 15) is 29.1 Å². The predicted octanol–water partition coefficient (Wildman–Crippen LogP) is 3.78. The number of furan rings is 2. The molecule has 3 aliphatic rings. The summed E-state index contributed by atoms with van der Waals surface area (Å²) >= 11 is 0. The van der Waals surface area contributed by atoms with Crippen molar-refractivity contribution in [2.24, 2.45) is 17.3 Å². The summed E-state index contributed by atoms with van der Waals surface area (Å²) < 4.78 is 47.2. The lowest BCUT2D eigenvalue weighted by Crippen LogP contribution is -2.83. The average Bonchev–Trinajstić information content (AvgIpc) is 3.76. The summed E-state index contributed by atoms with van der Waals surface area (Å²) in [5.41, 5.74) is -7.28. The summed E-state index contributed by atoms with van der Waals surface area (Å²) in [5, 5.41) is 12.7. The van der Waals surface area contributed by atoms with Crippen LogP contribution in [0.2, 0.25) is 0 Å². The van der Waals surface area contributed by atoms with Gasteiger partial charge in [-0.3, -0.25) is 14.4 Å². The summed E-state index contributed by atoms with van der Waals surface area (Å²) in [6, 6.07) is 2.75. The average molecular weight is 675 g/mol. The number of esters is 5. The number of fused-ring (bicyclic) bond motifs is 1. The van der Waals surface area contributed by atoms with E-state index < -0.39 is 94.9 Å². The number of hydrogen-bond acceptors (Lipinski definition) is 14. The van der Waals surface area contributed by atoms with Gasteiger partial charge in [0.1, 0.15) is 42.9 Å². The number of carbonyl (C=O) groups excluding carboxylic acids is 5. The van der Waals surface area contributed by atoms with Crippen LogP contribution in [0, 0.1) is 17.3 Å². The monoisotopic (exact) mass is 674 g/mol. The second-order valence-corrected chi connectivity index (χ2v) is 13.6. The molecular formula is C34H42O14. The molecule has 14 heteroatoms. The molecule has 1 saturated heterocycles. The molecule has 5 unspecified atom stereocenters. The Morgan fingerprint density at radius 1 is 0.896 bits per heavy atom. The Morgan fingerprint density at radius 2 is 1.50 bits per heavy atom. The van der Waals surface area contributed by atoms with Crippen molar-refractivity contribution in [1.82, 2.24) is 0 Å². The minimum absolute atomic E-state index is 0.000793. The third-order valence-corrected chi connectivity index (χ3v) is 10.1. The SMILES string of the molecule is CCC(C)C(=O)OC1C[C@](C)(O)[C@]23OC(C)(C)[C@H](CC(OC(=O)c4ccoc4)[C@]2(COC(C)=O)C1OC(=O)c1ccoc1)C3OC(C)=O. The molecule has 0 aromatic carbocycles. The maximum atomic E-state index is 13.8. The van der Waals surface area contributed by atoms with Gasteiger partial charge in [0.25, 0.3) is 0 Å². The van der Waals surface area contributed by atoms with E-state index >= 15 is 0 Å². The van der Waals surface area contributed by atoms with Crippen molar-refractivity contribution in [2.75, 3.05) is 6.61 Å². The summed E-state index contributed by atoms with van der Waals surface area (Å²) in [6.45, 7) is 10.0. The lowest BCUT2D eigenvalue weighted by atomic mass is 9.46. The molecule has 2 saturated carbocycles. The molecule has 2 aromatic heterocycles. The molecule has 48 heavy (non-hydrogen) atoms. The van der Waals surface area contributed by atoms with E-state index in [1.165, 1.54) is 44.8 Å². The first kappa shape index (κ1) is 35.1. The lowest BCUT2D eigenvalue weighted by Gasteiger charge is -2.65. The van der Waals surface area contributed by atoms with Crippen LogP contribution in [0.4, 0.5) is 0 Å². The molecule has 2 bridgehead atoms. The summed E-state index contributed by atoms with van der Waals surface area (Å²) in [4.78, 5) is 66.2. The maximum Gasteiger partial charge on any atom is 0.341 e. The van der Waals surface area contributed by atoms with Crippen molar-refractivity contribution in [2.45, 2.75) is 109 Å². The molecule has 1 spiro atoms. The fourth-order valence-corrected chi connectivity index (χ4v) is 7.80. The van der Waals surface area contributed by atoms with Crippen LogP contribution in [0.3, 0.4) is 0 Å². The summed E-state index contributed by atoms with van der Waals surface area (Å²) in [6.07, 6.45) is -0.730. The van der Waals surface area contributed by atoms with Crippen LogP contribution in [0.15, 0.2) is 46.0 Å². The highest BCUT2D eigenvalue weighted by molar-refractivity contribution is 5.90. The van der Waals surface area contributed by atoms with E-state index in [4.69, 9.17) is 37.3 Å². The van der Waals surface area contributed by atoms with Crippen molar-refractivity contribution in [3.8, 4) is 0 Å². The van der Waals surface area contributed by atoms with Crippen LogP contribution < -0.4 is 0 Å². The van der Waals surface area contributed by atoms with Crippen LogP contribution in [-0.4, -0.2) is 82.8 Å². The molecule has 0 radical (unpaired) electrons. The number of rotatable bonds is 10. The van der Waals surface area contributed by atoms with Crippen LogP contribution in [-0.2, 0) is 42.8 Å². The minimum atomic E-state index is -2.07. The van der Waals surface area contributed by atoms with E-state index in [2.05, 4.69) is 0 Å². The molecule has 262 valence electrons. The normalized spacial score (nSPS) is 33.9. The summed E-state index contributed by atoms with van der Waals surface area (Å²) in [5.74, 6) is -5.14. The lowest BCUT2D eigenvalue weighted by molar-refractivity contribution is -0.354. The quantitative estimate of drug-likeness (QED) is 0.283. The van der Waals surface area contributed by atoms with E-state index in [-0.39, 0.29) is 24.0 Å². The molecule has 0 amide bonds. The Hall–Kier alpha value is -4.17. The predicted molar refractivity (Wildman–Crippen MR) is 161 cm³/mol. The van der Waals surface area contributed by atoms with Crippen LogP contribution in [0.25, 0.3) is 0 Å². The zero-order valence-corrected chi connectivity index (χ0v) is 28.0. The van der Waals surface area contributed by atoms with Gasteiger partial charge >= 0.3 is 29.8 Å². The largest absolute Gasteiger partial charge is 0.472 e. The van der Waals surface area contributed by atoms with Crippen molar-refractivity contribution in [1.29, 1.82) is 0 Å². The topological polar surface area (TPSA) is 187 Å².